The van der Waals surface area contributed by atoms with E-state index in [2.05, 4.69) is 16.8 Å². The smallest absolute Gasteiger partial charge is 0.278 e. The summed E-state index contributed by atoms with van der Waals surface area (Å²) in [6.45, 7) is 3.21. The van der Waals surface area contributed by atoms with Crippen molar-refractivity contribution >= 4 is 17.4 Å². The van der Waals surface area contributed by atoms with Gasteiger partial charge in [0.2, 0.25) is 0 Å². The maximum Gasteiger partial charge on any atom is 0.278 e. The van der Waals surface area contributed by atoms with Crippen LogP contribution in [0.5, 0.6) is 11.5 Å². The van der Waals surface area contributed by atoms with E-state index in [-0.39, 0.29) is 17.9 Å². The third-order valence-electron chi connectivity index (χ3n) is 6.52. The molecule has 1 aromatic rings. The third kappa shape index (κ3) is 3.67. The van der Waals surface area contributed by atoms with Crippen molar-refractivity contribution in [1.82, 2.24) is 14.7 Å². The number of rotatable bonds is 5. The third-order valence-corrected chi connectivity index (χ3v) is 6.52. The van der Waals surface area contributed by atoms with Gasteiger partial charge < -0.3 is 19.3 Å². The normalized spacial score (nSPS) is 21.6. The van der Waals surface area contributed by atoms with Crippen molar-refractivity contribution in [2.45, 2.75) is 38.1 Å². The van der Waals surface area contributed by atoms with E-state index in [0.29, 0.717) is 28.3 Å². The summed E-state index contributed by atoms with van der Waals surface area (Å²) >= 11 is 0. The molecule has 1 aliphatic carbocycles. The zero-order chi connectivity index (χ0) is 21.3. The molecule has 0 spiro atoms. The second kappa shape index (κ2) is 8.68. The number of likely N-dealkylation sites (N-methyl/N-ethyl adjacent to an activating group) is 1. The number of benzene rings is 1. The Balaban J connectivity index is 1.77. The lowest BCUT2D eigenvalue weighted by Crippen LogP contribution is -2.47. The maximum absolute atomic E-state index is 13.6. The maximum atomic E-state index is 13.6. The van der Waals surface area contributed by atoms with Crippen LogP contribution in [-0.2, 0) is 9.59 Å². The van der Waals surface area contributed by atoms with Gasteiger partial charge >= 0.3 is 0 Å². The van der Waals surface area contributed by atoms with Gasteiger partial charge in [-0.2, -0.15) is 0 Å². The summed E-state index contributed by atoms with van der Waals surface area (Å²) in [4.78, 5) is 33.1. The molecule has 30 heavy (non-hydrogen) atoms. The Morgan fingerprint density at radius 1 is 0.867 bits per heavy atom. The van der Waals surface area contributed by atoms with E-state index < -0.39 is 0 Å². The Morgan fingerprint density at radius 2 is 1.53 bits per heavy atom. The molecule has 0 radical (unpaired) electrons. The lowest BCUT2D eigenvalue weighted by Gasteiger charge is -2.35. The quantitative estimate of drug-likeness (QED) is 0.691. The van der Waals surface area contributed by atoms with Gasteiger partial charge in [-0.25, -0.2) is 0 Å². The summed E-state index contributed by atoms with van der Waals surface area (Å²) in [5.41, 5.74) is 1.75. The molecule has 3 aliphatic rings. The molecule has 0 aromatic heterocycles. The number of hydrogen-bond acceptors (Lipinski definition) is 6. The van der Waals surface area contributed by atoms with Crippen LogP contribution in [0.4, 0.5) is 0 Å². The standard InChI is InChI=1S/C23H31N3O4/c1-24-11-13-25(14-12-24)21-20(16-9-10-18(29-2)19(15-16)30-3)22(27)26(23(21)28)17-7-5-4-6-8-17/h9-10,15,17H,4-8,11-14H2,1-3H3. The van der Waals surface area contributed by atoms with E-state index in [1.165, 1.54) is 6.42 Å². The molecule has 0 unspecified atom stereocenters. The highest BCUT2D eigenvalue weighted by Crippen LogP contribution is 2.39. The summed E-state index contributed by atoms with van der Waals surface area (Å²) in [5, 5.41) is 0. The second-order valence-corrected chi connectivity index (χ2v) is 8.36. The van der Waals surface area contributed by atoms with Crippen molar-refractivity contribution in [3.05, 3.63) is 29.5 Å². The average Bonchev–Trinajstić information content (AvgIpc) is 3.04. The first-order chi connectivity index (χ1) is 14.5. The Bertz CT molecular complexity index is 852. The first-order valence-electron chi connectivity index (χ1n) is 10.8. The minimum Gasteiger partial charge on any atom is -0.493 e. The van der Waals surface area contributed by atoms with Crippen LogP contribution in [-0.4, -0.2) is 80.0 Å². The van der Waals surface area contributed by atoms with Crippen LogP contribution >= 0.6 is 0 Å². The zero-order valence-electron chi connectivity index (χ0n) is 18.1. The van der Waals surface area contributed by atoms with Crippen LogP contribution in [0.15, 0.2) is 23.9 Å². The van der Waals surface area contributed by atoms with Crippen LogP contribution < -0.4 is 9.47 Å². The largest absolute Gasteiger partial charge is 0.493 e. The molecule has 2 fully saturated rings. The van der Waals surface area contributed by atoms with Crippen molar-refractivity contribution in [3.8, 4) is 11.5 Å². The summed E-state index contributed by atoms with van der Waals surface area (Å²) in [6.07, 6.45) is 5.10. The van der Waals surface area contributed by atoms with Gasteiger partial charge in [0.05, 0.1) is 19.8 Å². The monoisotopic (exact) mass is 413 g/mol. The average molecular weight is 414 g/mol. The van der Waals surface area contributed by atoms with Crippen molar-refractivity contribution in [2.75, 3.05) is 47.4 Å². The van der Waals surface area contributed by atoms with Gasteiger partial charge in [-0.15, -0.1) is 0 Å². The number of amides is 2. The fraction of sp³-hybridized carbons (Fsp3) is 0.565. The fourth-order valence-electron chi connectivity index (χ4n) is 4.78. The van der Waals surface area contributed by atoms with Crippen molar-refractivity contribution in [3.63, 3.8) is 0 Å². The number of nitrogens with zero attached hydrogens (tertiary/aromatic N) is 3. The first-order valence-corrected chi connectivity index (χ1v) is 10.8. The van der Waals surface area contributed by atoms with Gasteiger partial charge in [0.1, 0.15) is 5.70 Å². The van der Waals surface area contributed by atoms with E-state index in [4.69, 9.17) is 9.47 Å². The highest BCUT2D eigenvalue weighted by atomic mass is 16.5. The van der Waals surface area contributed by atoms with Crippen molar-refractivity contribution < 1.29 is 19.1 Å². The number of piperazine rings is 1. The van der Waals surface area contributed by atoms with E-state index in [0.717, 1.165) is 51.9 Å². The minimum atomic E-state index is -0.173. The summed E-state index contributed by atoms with van der Waals surface area (Å²) in [7, 11) is 5.24. The lowest BCUT2D eigenvalue weighted by atomic mass is 9.94. The fourth-order valence-corrected chi connectivity index (χ4v) is 4.78. The number of ether oxygens (including phenoxy) is 2. The molecule has 1 saturated heterocycles. The topological polar surface area (TPSA) is 62.3 Å². The van der Waals surface area contributed by atoms with Gasteiger partial charge in [0.15, 0.2) is 11.5 Å². The molecule has 1 aromatic carbocycles. The molecule has 1 saturated carbocycles. The minimum absolute atomic E-state index is 0.00106. The van der Waals surface area contributed by atoms with Crippen molar-refractivity contribution in [2.24, 2.45) is 0 Å². The van der Waals surface area contributed by atoms with Crippen LogP contribution in [0.2, 0.25) is 0 Å². The Labute approximate surface area is 178 Å². The zero-order valence-corrected chi connectivity index (χ0v) is 18.1. The Morgan fingerprint density at radius 3 is 2.17 bits per heavy atom. The van der Waals surface area contributed by atoms with Crippen LogP contribution in [0.3, 0.4) is 0 Å². The highest BCUT2D eigenvalue weighted by Gasteiger charge is 2.45. The molecule has 2 amide bonds. The molecule has 0 bridgehead atoms. The predicted octanol–water partition coefficient (Wildman–Crippen LogP) is 2.36. The molecule has 7 heteroatoms. The first kappa shape index (κ1) is 20.7. The molecule has 4 rings (SSSR count). The van der Waals surface area contributed by atoms with Crippen LogP contribution in [0, 0.1) is 0 Å². The molecule has 2 aliphatic heterocycles. The number of imide groups is 1. The highest BCUT2D eigenvalue weighted by molar-refractivity contribution is 6.35. The number of carbonyl (C=O) groups is 2. The Kier molecular flexibility index (Phi) is 5.99. The van der Waals surface area contributed by atoms with Gasteiger partial charge in [0, 0.05) is 32.2 Å². The predicted molar refractivity (Wildman–Crippen MR) is 114 cm³/mol. The summed E-state index contributed by atoms with van der Waals surface area (Å²) in [6, 6.07) is 5.45. The van der Waals surface area contributed by atoms with Crippen LogP contribution in [0.1, 0.15) is 37.7 Å². The molecule has 7 nitrogen and oxygen atoms in total. The van der Waals surface area contributed by atoms with Gasteiger partial charge in [-0.1, -0.05) is 25.3 Å². The van der Waals surface area contributed by atoms with E-state index in [9.17, 15) is 9.59 Å². The molecular weight excluding hydrogens is 382 g/mol. The lowest BCUT2D eigenvalue weighted by molar-refractivity contribution is -0.141. The van der Waals surface area contributed by atoms with Gasteiger partial charge in [-0.05, 0) is 37.6 Å². The number of hydrogen-bond donors (Lipinski definition) is 0. The number of carbonyl (C=O) groups excluding carboxylic acids is 2. The summed E-state index contributed by atoms with van der Waals surface area (Å²) < 4.78 is 10.8. The molecule has 2 heterocycles. The van der Waals surface area contributed by atoms with E-state index in [1.807, 2.05) is 6.07 Å². The van der Waals surface area contributed by atoms with Crippen LogP contribution in [0.25, 0.3) is 5.57 Å². The van der Waals surface area contributed by atoms with E-state index >= 15 is 0 Å². The SMILES string of the molecule is COc1ccc(C2=C(N3CCN(C)CC3)C(=O)N(C3CCCCC3)C2=O)cc1OC. The van der Waals surface area contributed by atoms with E-state index in [1.54, 1.807) is 31.3 Å². The second-order valence-electron chi connectivity index (χ2n) is 8.36. The summed E-state index contributed by atoms with van der Waals surface area (Å²) in [5.74, 6) is 0.842. The van der Waals surface area contributed by atoms with Gasteiger partial charge in [-0.3, -0.25) is 14.5 Å². The molecular formula is C23H31N3O4. The van der Waals surface area contributed by atoms with Crippen molar-refractivity contribution in [1.29, 1.82) is 0 Å². The van der Waals surface area contributed by atoms with Gasteiger partial charge in [0.25, 0.3) is 11.8 Å². The Hall–Kier alpha value is -2.54. The molecule has 0 N–H and O–H groups in total. The molecule has 162 valence electrons. The molecule has 0 atom stereocenters. The number of methoxy groups -OCH3 is 2.